The van der Waals surface area contributed by atoms with Crippen molar-refractivity contribution in [3.63, 3.8) is 0 Å². The maximum Gasteiger partial charge on any atom is 0.234 e. The highest BCUT2D eigenvalue weighted by Crippen LogP contribution is 2.28. The molecular weight excluding hydrogens is 214 g/mol. The molecule has 1 aliphatic carbocycles. The molecule has 4 heteroatoms. The van der Waals surface area contributed by atoms with Crippen LogP contribution in [0.1, 0.15) is 26.2 Å². The van der Waals surface area contributed by atoms with Crippen LogP contribution in [-0.4, -0.2) is 43.0 Å². The summed E-state index contributed by atoms with van der Waals surface area (Å²) in [6.45, 7) is 8.35. The molecule has 4 nitrogen and oxygen atoms in total. The molecule has 1 saturated carbocycles. The first kappa shape index (κ1) is 14.2. The fraction of sp³-hybridized carbons (Fsp3) is 0.769. The second-order valence-corrected chi connectivity index (χ2v) is 4.65. The molecule has 2 atom stereocenters. The number of hydrogen-bond acceptors (Lipinski definition) is 3. The lowest BCUT2D eigenvalue weighted by atomic mass is 10.0. The fourth-order valence-electron chi connectivity index (χ4n) is 2.66. The predicted molar refractivity (Wildman–Crippen MR) is 70.6 cm³/mol. The molecule has 0 radical (unpaired) electrons. The average molecular weight is 239 g/mol. The molecule has 1 rings (SSSR count). The van der Waals surface area contributed by atoms with Crippen LogP contribution in [0.4, 0.5) is 0 Å². The molecule has 3 N–H and O–H groups in total. The summed E-state index contributed by atoms with van der Waals surface area (Å²) in [5.41, 5.74) is 5.79. The van der Waals surface area contributed by atoms with Crippen molar-refractivity contribution in [3.05, 3.63) is 12.7 Å². The molecule has 0 aromatic heterocycles. The number of nitrogens with one attached hydrogen (secondary N) is 1. The molecule has 0 aromatic rings. The Morgan fingerprint density at radius 2 is 2.35 bits per heavy atom. The molecule has 1 aliphatic rings. The first-order valence-corrected chi connectivity index (χ1v) is 6.54. The van der Waals surface area contributed by atoms with Crippen molar-refractivity contribution >= 4 is 5.91 Å². The minimum absolute atomic E-state index is 0.0782. The van der Waals surface area contributed by atoms with E-state index >= 15 is 0 Å². The standard InChI is InChI=1S/C13H25N3O/c1-3-8-15-13(17)10-16(4-2)12-7-5-6-11(12)9-14/h3,11-12H,1,4-10,14H2,2H3,(H,15,17). The molecule has 0 heterocycles. The van der Waals surface area contributed by atoms with Gasteiger partial charge in [-0.3, -0.25) is 9.69 Å². The van der Waals surface area contributed by atoms with Gasteiger partial charge in [-0.15, -0.1) is 6.58 Å². The Hall–Kier alpha value is -0.870. The molecule has 1 amide bonds. The molecule has 0 aromatic carbocycles. The zero-order valence-electron chi connectivity index (χ0n) is 10.8. The van der Waals surface area contributed by atoms with Gasteiger partial charge in [0, 0.05) is 12.6 Å². The predicted octanol–water partition coefficient (Wildman–Crippen LogP) is 0.738. The van der Waals surface area contributed by atoms with Crippen LogP contribution in [-0.2, 0) is 4.79 Å². The van der Waals surface area contributed by atoms with Crippen molar-refractivity contribution in [2.45, 2.75) is 32.2 Å². The Kier molecular flexibility index (Phi) is 6.22. The molecule has 2 unspecified atom stereocenters. The normalized spacial score (nSPS) is 23.9. The van der Waals surface area contributed by atoms with Crippen molar-refractivity contribution in [1.82, 2.24) is 10.2 Å². The smallest absolute Gasteiger partial charge is 0.234 e. The van der Waals surface area contributed by atoms with Gasteiger partial charge in [-0.05, 0) is 31.8 Å². The van der Waals surface area contributed by atoms with Gasteiger partial charge in [0.1, 0.15) is 0 Å². The first-order valence-electron chi connectivity index (χ1n) is 6.54. The van der Waals surface area contributed by atoms with Crippen LogP contribution in [0.2, 0.25) is 0 Å². The third kappa shape index (κ3) is 4.13. The van der Waals surface area contributed by atoms with E-state index in [0.717, 1.165) is 13.1 Å². The molecule has 0 saturated heterocycles. The number of likely N-dealkylation sites (N-methyl/N-ethyl adjacent to an activating group) is 1. The Bertz CT molecular complexity index is 255. The van der Waals surface area contributed by atoms with Crippen LogP contribution in [0.15, 0.2) is 12.7 Å². The molecule has 0 aliphatic heterocycles. The summed E-state index contributed by atoms with van der Waals surface area (Å²) < 4.78 is 0. The Balaban J connectivity index is 2.46. The van der Waals surface area contributed by atoms with Gasteiger partial charge in [-0.2, -0.15) is 0 Å². The van der Waals surface area contributed by atoms with Crippen LogP contribution < -0.4 is 11.1 Å². The van der Waals surface area contributed by atoms with E-state index in [1.54, 1.807) is 6.08 Å². The van der Waals surface area contributed by atoms with E-state index in [9.17, 15) is 4.79 Å². The van der Waals surface area contributed by atoms with Crippen molar-refractivity contribution in [2.75, 3.05) is 26.2 Å². The molecule has 98 valence electrons. The van der Waals surface area contributed by atoms with E-state index in [0.29, 0.717) is 25.0 Å². The number of nitrogens with two attached hydrogens (primary N) is 1. The van der Waals surface area contributed by atoms with Crippen molar-refractivity contribution < 1.29 is 4.79 Å². The second kappa shape index (κ2) is 7.45. The zero-order valence-corrected chi connectivity index (χ0v) is 10.8. The Labute approximate surface area is 104 Å². The van der Waals surface area contributed by atoms with Crippen molar-refractivity contribution in [3.8, 4) is 0 Å². The average Bonchev–Trinajstić information content (AvgIpc) is 2.81. The third-order valence-electron chi connectivity index (χ3n) is 3.59. The SMILES string of the molecule is C=CCNC(=O)CN(CC)C1CCCC1CN. The third-order valence-corrected chi connectivity index (χ3v) is 3.59. The Morgan fingerprint density at radius 1 is 1.59 bits per heavy atom. The molecule has 17 heavy (non-hydrogen) atoms. The minimum atomic E-state index is 0.0782. The number of carbonyl (C=O) groups excluding carboxylic acids is 1. The van der Waals surface area contributed by atoms with E-state index in [1.807, 2.05) is 0 Å². The largest absolute Gasteiger partial charge is 0.352 e. The van der Waals surface area contributed by atoms with Crippen LogP contribution in [0.3, 0.4) is 0 Å². The Morgan fingerprint density at radius 3 is 2.94 bits per heavy atom. The molecule has 1 fully saturated rings. The summed E-state index contributed by atoms with van der Waals surface area (Å²) >= 11 is 0. The maximum atomic E-state index is 11.7. The van der Waals surface area contributed by atoms with Gasteiger partial charge in [-0.25, -0.2) is 0 Å². The number of carbonyl (C=O) groups is 1. The van der Waals surface area contributed by atoms with E-state index in [2.05, 4.69) is 23.7 Å². The number of amides is 1. The zero-order chi connectivity index (χ0) is 12.7. The fourth-order valence-corrected chi connectivity index (χ4v) is 2.66. The second-order valence-electron chi connectivity index (χ2n) is 4.65. The first-order chi connectivity index (χ1) is 8.22. The van der Waals surface area contributed by atoms with Gasteiger partial charge in [-0.1, -0.05) is 19.4 Å². The lowest BCUT2D eigenvalue weighted by molar-refractivity contribution is -0.122. The molecule has 0 spiro atoms. The lowest BCUT2D eigenvalue weighted by Crippen LogP contribution is -2.45. The van der Waals surface area contributed by atoms with Crippen LogP contribution >= 0.6 is 0 Å². The lowest BCUT2D eigenvalue weighted by Gasteiger charge is -2.31. The van der Waals surface area contributed by atoms with Crippen LogP contribution in [0, 0.1) is 5.92 Å². The van der Waals surface area contributed by atoms with Crippen molar-refractivity contribution in [2.24, 2.45) is 11.7 Å². The highest BCUT2D eigenvalue weighted by molar-refractivity contribution is 5.78. The van der Waals surface area contributed by atoms with Gasteiger partial charge in [0.05, 0.1) is 6.54 Å². The van der Waals surface area contributed by atoms with E-state index in [4.69, 9.17) is 5.73 Å². The van der Waals surface area contributed by atoms with E-state index < -0.39 is 0 Å². The summed E-state index contributed by atoms with van der Waals surface area (Å²) in [7, 11) is 0. The monoisotopic (exact) mass is 239 g/mol. The quantitative estimate of drug-likeness (QED) is 0.644. The van der Waals surface area contributed by atoms with Crippen LogP contribution in [0.5, 0.6) is 0 Å². The number of nitrogens with zero attached hydrogens (tertiary/aromatic N) is 1. The summed E-state index contributed by atoms with van der Waals surface area (Å²) in [6.07, 6.45) is 5.31. The van der Waals surface area contributed by atoms with Crippen molar-refractivity contribution in [1.29, 1.82) is 0 Å². The van der Waals surface area contributed by atoms with E-state index in [1.165, 1.54) is 19.3 Å². The highest BCUT2D eigenvalue weighted by atomic mass is 16.2. The molecular formula is C13H25N3O. The van der Waals surface area contributed by atoms with Gasteiger partial charge in [0.2, 0.25) is 5.91 Å². The van der Waals surface area contributed by atoms with Gasteiger partial charge < -0.3 is 11.1 Å². The van der Waals surface area contributed by atoms with Gasteiger partial charge in [0.15, 0.2) is 0 Å². The highest BCUT2D eigenvalue weighted by Gasteiger charge is 2.31. The summed E-state index contributed by atoms with van der Waals surface area (Å²) in [5, 5.41) is 2.82. The summed E-state index contributed by atoms with van der Waals surface area (Å²) in [5.74, 6) is 0.636. The molecule has 0 bridgehead atoms. The van der Waals surface area contributed by atoms with Gasteiger partial charge in [0.25, 0.3) is 0 Å². The number of hydrogen-bond donors (Lipinski definition) is 2. The summed E-state index contributed by atoms with van der Waals surface area (Å²) in [6, 6.07) is 0.486. The van der Waals surface area contributed by atoms with Gasteiger partial charge >= 0.3 is 0 Å². The minimum Gasteiger partial charge on any atom is -0.352 e. The maximum absolute atomic E-state index is 11.7. The van der Waals surface area contributed by atoms with E-state index in [-0.39, 0.29) is 5.91 Å². The summed E-state index contributed by atoms with van der Waals surface area (Å²) in [4.78, 5) is 13.9. The topological polar surface area (TPSA) is 58.4 Å². The van der Waals surface area contributed by atoms with Crippen LogP contribution in [0.25, 0.3) is 0 Å². The number of rotatable bonds is 7.